The van der Waals surface area contributed by atoms with Crippen LogP contribution in [-0.4, -0.2) is 12.1 Å². The molecule has 0 heterocycles. The summed E-state index contributed by atoms with van der Waals surface area (Å²) in [5.74, 6) is 1.65. The van der Waals surface area contributed by atoms with Crippen molar-refractivity contribution in [2.24, 2.45) is 5.92 Å². The van der Waals surface area contributed by atoms with Crippen LogP contribution < -0.4 is 5.32 Å². The molecule has 0 radical (unpaired) electrons. The molecule has 1 aromatic rings. The molecule has 0 aliphatic heterocycles. The van der Waals surface area contributed by atoms with E-state index < -0.39 is 0 Å². The first-order valence-corrected chi connectivity index (χ1v) is 8.53. The Morgan fingerprint density at radius 2 is 1.95 bits per heavy atom. The van der Waals surface area contributed by atoms with E-state index in [9.17, 15) is 0 Å². The molecule has 0 spiro atoms. The Morgan fingerprint density at radius 3 is 2.68 bits per heavy atom. The number of hydrogen-bond acceptors (Lipinski definition) is 1. The van der Waals surface area contributed by atoms with Crippen molar-refractivity contribution in [2.75, 3.05) is 0 Å². The van der Waals surface area contributed by atoms with Gasteiger partial charge in [-0.3, -0.25) is 0 Å². The average molecular weight is 322 g/mol. The van der Waals surface area contributed by atoms with E-state index in [1.54, 1.807) is 0 Å². The van der Waals surface area contributed by atoms with Crippen molar-refractivity contribution in [3.8, 4) is 0 Å². The first-order valence-electron chi connectivity index (χ1n) is 7.74. The predicted molar refractivity (Wildman–Crippen MR) is 84.5 cm³/mol. The Labute approximate surface area is 125 Å². The van der Waals surface area contributed by atoms with Crippen LogP contribution in [0, 0.1) is 5.92 Å². The third kappa shape index (κ3) is 3.22. The molecule has 2 aliphatic carbocycles. The van der Waals surface area contributed by atoms with Crippen LogP contribution in [0.25, 0.3) is 0 Å². The minimum atomic E-state index is 0.759. The van der Waals surface area contributed by atoms with E-state index in [-0.39, 0.29) is 0 Å². The smallest absolute Gasteiger partial charge is 0.0178 e. The molecule has 0 bridgehead atoms. The topological polar surface area (TPSA) is 12.0 Å². The number of halogens is 1. The summed E-state index contributed by atoms with van der Waals surface area (Å²) in [5, 5.41) is 3.91. The molecule has 2 heteroatoms. The Hall–Kier alpha value is -0.340. The fraction of sp³-hybridized carbons (Fsp3) is 0.647. The third-order valence-electron chi connectivity index (χ3n) is 5.02. The number of benzene rings is 1. The molecule has 0 saturated heterocycles. The average Bonchev–Trinajstić information content (AvgIpc) is 2.35. The molecule has 1 nitrogen and oxygen atoms in total. The maximum absolute atomic E-state index is 3.91. The molecule has 0 amide bonds. The lowest BCUT2D eigenvalue weighted by molar-refractivity contribution is 0.201. The van der Waals surface area contributed by atoms with Gasteiger partial charge in [-0.15, -0.1) is 0 Å². The molecule has 2 atom stereocenters. The molecular formula is C17H24BrN. The van der Waals surface area contributed by atoms with E-state index in [1.807, 2.05) is 0 Å². The fourth-order valence-corrected chi connectivity index (χ4v) is 4.07. The lowest BCUT2D eigenvalue weighted by atomic mass is 9.74. The normalized spacial score (nSPS) is 34.8. The van der Waals surface area contributed by atoms with Gasteiger partial charge in [0.2, 0.25) is 0 Å². The van der Waals surface area contributed by atoms with Crippen molar-refractivity contribution < 1.29 is 0 Å². The molecule has 3 rings (SSSR count). The monoisotopic (exact) mass is 321 g/mol. The summed E-state index contributed by atoms with van der Waals surface area (Å²) in [4.78, 5) is 0. The summed E-state index contributed by atoms with van der Waals surface area (Å²) in [6, 6.07) is 10.4. The quantitative estimate of drug-likeness (QED) is 0.838. The molecule has 1 aromatic carbocycles. The van der Waals surface area contributed by atoms with Gasteiger partial charge < -0.3 is 5.32 Å². The highest BCUT2D eigenvalue weighted by Gasteiger charge is 2.33. The first kappa shape index (κ1) is 13.6. The molecule has 2 unspecified atom stereocenters. The van der Waals surface area contributed by atoms with Crippen LogP contribution in [0.5, 0.6) is 0 Å². The van der Waals surface area contributed by atoms with Crippen LogP contribution in [0.2, 0.25) is 0 Å². The van der Waals surface area contributed by atoms with Crippen molar-refractivity contribution in [3.63, 3.8) is 0 Å². The van der Waals surface area contributed by atoms with Gasteiger partial charge in [0.15, 0.2) is 0 Å². The van der Waals surface area contributed by atoms with Gasteiger partial charge in [0.05, 0.1) is 0 Å². The van der Waals surface area contributed by atoms with Gasteiger partial charge >= 0.3 is 0 Å². The lowest BCUT2D eigenvalue weighted by Gasteiger charge is -2.41. The zero-order valence-corrected chi connectivity index (χ0v) is 13.3. The van der Waals surface area contributed by atoms with Gasteiger partial charge in [-0.25, -0.2) is 0 Å². The standard InChI is InChI=1S/C17H24BrN/c1-12-5-2-3-8-17(12)19-16-10-14(11-16)13-6-4-7-15(18)9-13/h4,6-7,9,12,14,16-17,19H,2-3,5,8,10-11H2,1H3. The Balaban J connectivity index is 1.50. The second kappa shape index (κ2) is 5.97. The van der Waals surface area contributed by atoms with Crippen LogP contribution >= 0.6 is 15.9 Å². The van der Waals surface area contributed by atoms with E-state index in [2.05, 4.69) is 52.4 Å². The van der Waals surface area contributed by atoms with Crippen LogP contribution in [0.1, 0.15) is 56.9 Å². The highest BCUT2D eigenvalue weighted by atomic mass is 79.9. The van der Waals surface area contributed by atoms with Gasteiger partial charge in [-0.1, -0.05) is 47.8 Å². The molecule has 1 N–H and O–H groups in total. The Bertz CT molecular complexity index is 425. The molecular weight excluding hydrogens is 298 g/mol. The van der Waals surface area contributed by atoms with Crippen LogP contribution in [0.4, 0.5) is 0 Å². The molecule has 19 heavy (non-hydrogen) atoms. The summed E-state index contributed by atoms with van der Waals surface area (Å²) in [7, 11) is 0. The van der Waals surface area contributed by atoms with Gasteiger partial charge in [0, 0.05) is 16.6 Å². The van der Waals surface area contributed by atoms with E-state index in [4.69, 9.17) is 0 Å². The molecule has 2 aliphatic rings. The summed E-state index contributed by atoms with van der Waals surface area (Å²) in [6.07, 6.45) is 8.30. The summed E-state index contributed by atoms with van der Waals surface area (Å²) >= 11 is 3.57. The summed E-state index contributed by atoms with van der Waals surface area (Å²) < 4.78 is 1.21. The summed E-state index contributed by atoms with van der Waals surface area (Å²) in [5.41, 5.74) is 1.50. The molecule has 104 valence electrons. The van der Waals surface area contributed by atoms with E-state index in [0.717, 1.165) is 23.9 Å². The maximum Gasteiger partial charge on any atom is 0.0178 e. The second-order valence-corrected chi connectivity index (χ2v) is 7.37. The van der Waals surface area contributed by atoms with Gasteiger partial charge in [-0.05, 0) is 55.2 Å². The maximum atomic E-state index is 3.91. The predicted octanol–water partition coefficient (Wildman–Crippen LogP) is 4.86. The van der Waals surface area contributed by atoms with Crippen molar-refractivity contribution in [1.82, 2.24) is 5.32 Å². The number of rotatable bonds is 3. The lowest BCUT2D eigenvalue weighted by Crippen LogP contribution is -2.48. The highest BCUT2D eigenvalue weighted by molar-refractivity contribution is 9.10. The van der Waals surface area contributed by atoms with Gasteiger partial charge in [-0.2, -0.15) is 0 Å². The van der Waals surface area contributed by atoms with Gasteiger partial charge in [0.25, 0.3) is 0 Å². The van der Waals surface area contributed by atoms with Crippen molar-refractivity contribution >= 4 is 15.9 Å². The first-order chi connectivity index (χ1) is 9.22. The number of nitrogens with one attached hydrogen (secondary N) is 1. The molecule has 2 saturated carbocycles. The number of hydrogen-bond donors (Lipinski definition) is 1. The Morgan fingerprint density at radius 1 is 1.16 bits per heavy atom. The van der Waals surface area contributed by atoms with Crippen LogP contribution in [-0.2, 0) is 0 Å². The van der Waals surface area contributed by atoms with Gasteiger partial charge in [0.1, 0.15) is 0 Å². The minimum Gasteiger partial charge on any atom is -0.311 e. The minimum absolute atomic E-state index is 0.759. The fourth-order valence-electron chi connectivity index (χ4n) is 3.65. The zero-order valence-electron chi connectivity index (χ0n) is 11.7. The second-order valence-electron chi connectivity index (χ2n) is 6.46. The zero-order chi connectivity index (χ0) is 13.2. The van der Waals surface area contributed by atoms with E-state index >= 15 is 0 Å². The van der Waals surface area contributed by atoms with Crippen molar-refractivity contribution in [1.29, 1.82) is 0 Å². The molecule has 2 fully saturated rings. The van der Waals surface area contributed by atoms with Crippen molar-refractivity contribution in [3.05, 3.63) is 34.3 Å². The van der Waals surface area contributed by atoms with Crippen molar-refractivity contribution in [2.45, 2.75) is 63.5 Å². The third-order valence-corrected chi connectivity index (χ3v) is 5.51. The highest BCUT2D eigenvalue weighted by Crippen LogP contribution is 2.38. The van der Waals surface area contributed by atoms with E-state index in [0.29, 0.717) is 0 Å². The van der Waals surface area contributed by atoms with E-state index in [1.165, 1.54) is 48.6 Å². The largest absolute Gasteiger partial charge is 0.311 e. The molecule has 0 aromatic heterocycles. The Kier molecular flexibility index (Phi) is 4.28. The van der Waals surface area contributed by atoms with Crippen LogP contribution in [0.15, 0.2) is 28.7 Å². The SMILES string of the molecule is CC1CCCCC1NC1CC(c2cccc(Br)c2)C1. The van der Waals surface area contributed by atoms with Crippen LogP contribution in [0.3, 0.4) is 0 Å². The summed E-state index contributed by atoms with van der Waals surface area (Å²) in [6.45, 7) is 2.42.